The zero-order valence-electron chi connectivity index (χ0n) is 14.9. The second kappa shape index (κ2) is 7.55. The molecule has 0 spiro atoms. The summed E-state index contributed by atoms with van der Waals surface area (Å²) >= 11 is 0. The molecule has 1 aromatic carbocycles. The molecule has 8 nitrogen and oxygen atoms in total. The van der Waals surface area contributed by atoms with E-state index in [2.05, 4.69) is 15.4 Å². The molecule has 2 heterocycles. The van der Waals surface area contributed by atoms with E-state index in [4.69, 9.17) is 0 Å². The number of sulfonamides is 1. The van der Waals surface area contributed by atoms with E-state index in [1.807, 2.05) is 31.2 Å². The van der Waals surface area contributed by atoms with Gasteiger partial charge in [-0.1, -0.05) is 29.8 Å². The van der Waals surface area contributed by atoms with Gasteiger partial charge >= 0.3 is 0 Å². The number of amides is 1. The summed E-state index contributed by atoms with van der Waals surface area (Å²) in [4.78, 5) is 16.5. The molecule has 1 fully saturated rings. The van der Waals surface area contributed by atoms with Crippen LogP contribution in [0.2, 0.25) is 0 Å². The number of piperidine rings is 1. The van der Waals surface area contributed by atoms with Crippen LogP contribution in [0, 0.1) is 12.8 Å². The van der Waals surface area contributed by atoms with Gasteiger partial charge in [-0.05, 0) is 25.3 Å². The van der Waals surface area contributed by atoms with Crippen molar-refractivity contribution in [1.82, 2.24) is 19.1 Å². The lowest BCUT2D eigenvalue weighted by Crippen LogP contribution is -2.41. The van der Waals surface area contributed by atoms with Crippen LogP contribution in [-0.2, 0) is 21.4 Å². The number of carbonyl (C=O) groups is 1. The molecule has 9 heteroatoms. The lowest BCUT2D eigenvalue weighted by molar-refractivity contribution is -0.121. The molecule has 1 aliphatic rings. The number of rotatable bonds is 5. The Morgan fingerprint density at radius 1 is 1.23 bits per heavy atom. The third kappa shape index (κ3) is 4.67. The van der Waals surface area contributed by atoms with Gasteiger partial charge in [-0.2, -0.15) is 0 Å². The van der Waals surface area contributed by atoms with Crippen molar-refractivity contribution in [1.29, 1.82) is 0 Å². The lowest BCUT2D eigenvalue weighted by atomic mass is 9.97. The van der Waals surface area contributed by atoms with Crippen molar-refractivity contribution in [2.45, 2.75) is 26.3 Å². The van der Waals surface area contributed by atoms with Crippen molar-refractivity contribution >= 4 is 21.9 Å². The minimum atomic E-state index is -3.19. The van der Waals surface area contributed by atoms with Crippen LogP contribution in [0.1, 0.15) is 24.0 Å². The Hall–Kier alpha value is -2.26. The van der Waals surface area contributed by atoms with Crippen molar-refractivity contribution in [2.75, 3.05) is 24.7 Å². The molecule has 0 unspecified atom stereocenters. The first kappa shape index (κ1) is 18.5. The van der Waals surface area contributed by atoms with Gasteiger partial charge in [-0.3, -0.25) is 10.1 Å². The number of nitrogens with one attached hydrogen (secondary N) is 1. The molecule has 1 N–H and O–H groups in total. The predicted molar refractivity (Wildman–Crippen MR) is 98.1 cm³/mol. The number of benzene rings is 1. The van der Waals surface area contributed by atoms with Crippen LogP contribution in [0.15, 0.2) is 30.6 Å². The zero-order valence-corrected chi connectivity index (χ0v) is 15.7. The van der Waals surface area contributed by atoms with Crippen molar-refractivity contribution in [2.24, 2.45) is 5.92 Å². The normalized spacial score (nSPS) is 16.5. The minimum absolute atomic E-state index is 0.161. The fourth-order valence-electron chi connectivity index (χ4n) is 2.97. The van der Waals surface area contributed by atoms with E-state index >= 15 is 0 Å². The smallest absolute Gasteiger partial charge is 0.248 e. The van der Waals surface area contributed by atoms with Crippen molar-refractivity contribution in [3.63, 3.8) is 0 Å². The van der Waals surface area contributed by atoms with Gasteiger partial charge in [0.25, 0.3) is 0 Å². The first-order chi connectivity index (χ1) is 12.3. The Balaban J connectivity index is 1.54. The maximum atomic E-state index is 12.4. The highest BCUT2D eigenvalue weighted by atomic mass is 32.2. The average Bonchev–Trinajstić information content (AvgIpc) is 3.03. The Bertz CT molecular complexity index is 868. The fourth-order valence-corrected chi connectivity index (χ4v) is 3.84. The summed E-state index contributed by atoms with van der Waals surface area (Å²) < 4.78 is 26.1. The molecule has 1 aromatic heterocycles. The molecule has 26 heavy (non-hydrogen) atoms. The molecule has 0 bridgehead atoms. The molecule has 0 saturated carbocycles. The Morgan fingerprint density at radius 3 is 2.50 bits per heavy atom. The highest BCUT2D eigenvalue weighted by Crippen LogP contribution is 2.20. The maximum absolute atomic E-state index is 12.4. The molecular weight excluding hydrogens is 354 g/mol. The molecule has 1 saturated heterocycles. The molecule has 1 aliphatic heterocycles. The Morgan fingerprint density at radius 2 is 1.88 bits per heavy atom. The van der Waals surface area contributed by atoms with Gasteiger partial charge in [-0.15, -0.1) is 5.10 Å². The third-order valence-corrected chi connectivity index (χ3v) is 5.83. The first-order valence-electron chi connectivity index (χ1n) is 8.52. The molecule has 1 amide bonds. The molecule has 3 rings (SSSR count). The van der Waals surface area contributed by atoms with Crippen molar-refractivity contribution in [3.8, 4) is 0 Å². The molecular formula is C17H23N5O3S. The van der Waals surface area contributed by atoms with Crippen LogP contribution in [0.3, 0.4) is 0 Å². The summed E-state index contributed by atoms with van der Waals surface area (Å²) in [7, 11) is -3.19. The van der Waals surface area contributed by atoms with Crippen LogP contribution in [0.5, 0.6) is 0 Å². The number of aryl methyl sites for hydroxylation is 1. The van der Waals surface area contributed by atoms with Crippen molar-refractivity contribution in [3.05, 3.63) is 41.7 Å². The van der Waals surface area contributed by atoms with E-state index in [9.17, 15) is 13.2 Å². The summed E-state index contributed by atoms with van der Waals surface area (Å²) in [5.41, 5.74) is 2.30. The van der Waals surface area contributed by atoms with Gasteiger partial charge in [0.1, 0.15) is 6.33 Å². The SMILES string of the molecule is Cc1ccc(Cn2cnc(NC(=O)C3CCN(S(C)(=O)=O)CC3)n2)cc1. The number of hydrogen-bond donors (Lipinski definition) is 1. The van der Waals surface area contributed by atoms with Gasteiger partial charge in [0.2, 0.25) is 21.9 Å². The van der Waals surface area contributed by atoms with Crippen LogP contribution in [0.25, 0.3) is 0 Å². The Kier molecular flexibility index (Phi) is 5.38. The summed E-state index contributed by atoms with van der Waals surface area (Å²) in [6.07, 6.45) is 3.78. The number of hydrogen-bond acceptors (Lipinski definition) is 5. The molecule has 0 atom stereocenters. The van der Waals surface area contributed by atoms with Gasteiger partial charge in [0.05, 0.1) is 12.8 Å². The predicted octanol–water partition coefficient (Wildman–Crippen LogP) is 1.24. The van der Waals surface area contributed by atoms with E-state index in [-0.39, 0.29) is 17.8 Å². The van der Waals surface area contributed by atoms with Crippen LogP contribution >= 0.6 is 0 Å². The average molecular weight is 377 g/mol. The Labute approximate surface area is 153 Å². The highest BCUT2D eigenvalue weighted by molar-refractivity contribution is 7.88. The number of carbonyl (C=O) groups excluding carboxylic acids is 1. The number of aromatic nitrogens is 3. The van der Waals surface area contributed by atoms with Gasteiger partial charge in [-0.25, -0.2) is 22.4 Å². The second-order valence-electron chi connectivity index (χ2n) is 6.68. The molecule has 0 radical (unpaired) electrons. The maximum Gasteiger partial charge on any atom is 0.248 e. The monoisotopic (exact) mass is 377 g/mol. The first-order valence-corrected chi connectivity index (χ1v) is 10.4. The van der Waals surface area contributed by atoms with Gasteiger partial charge in [0, 0.05) is 19.0 Å². The standard InChI is InChI=1S/C17H23N5O3S/c1-13-3-5-14(6-4-13)11-21-12-18-17(20-21)19-16(23)15-7-9-22(10-8-15)26(2,24)25/h3-6,12,15H,7-11H2,1-2H3,(H,19,20,23). The topological polar surface area (TPSA) is 97.2 Å². The van der Waals surface area contributed by atoms with E-state index in [0.717, 1.165) is 5.56 Å². The lowest BCUT2D eigenvalue weighted by Gasteiger charge is -2.29. The van der Waals surface area contributed by atoms with Crippen molar-refractivity contribution < 1.29 is 13.2 Å². The van der Waals surface area contributed by atoms with Gasteiger partial charge < -0.3 is 0 Å². The largest absolute Gasteiger partial charge is 0.293 e. The quantitative estimate of drug-likeness (QED) is 0.846. The summed E-state index contributed by atoms with van der Waals surface area (Å²) in [6.45, 7) is 3.35. The van der Waals surface area contributed by atoms with E-state index in [1.165, 1.54) is 16.1 Å². The summed E-state index contributed by atoms with van der Waals surface area (Å²) in [6, 6.07) is 8.14. The zero-order chi connectivity index (χ0) is 18.7. The molecule has 2 aromatic rings. The third-order valence-electron chi connectivity index (χ3n) is 4.53. The van der Waals surface area contributed by atoms with E-state index in [0.29, 0.717) is 32.5 Å². The fraction of sp³-hybridized carbons (Fsp3) is 0.471. The molecule has 0 aliphatic carbocycles. The van der Waals surface area contributed by atoms with Crippen LogP contribution < -0.4 is 5.32 Å². The molecule has 140 valence electrons. The van der Waals surface area contributed by atoms with E-state index < -0.39 is 10.0 Å². The summed E-state index contributed by atoms with van der Waals surface area (Å²) in [5, 5.41) is 7.01. The minimum Gasteiger partial charge on any atom is -0.293 e. The number of anilines is 1. The van der Waals surface area contributed by atoms with Crippen LogP contribution in [-0.4, -0.2) is 52.7 Å². The van der Waals surface area contributed by atoms with E-state index in [1.54, 1.807) is 11.0 Å². The summed E-state index contributed by atoms with van der Waals surface area (Å²) in [5.74, 6) is -0.115. The van der Waals surface area contributed by atoms with Gasteiger partial charge in [0.15, 0.2) is 0 Å². The number of nitrogens with zero attached hydrogens (tertiary/aromatic N) is 4. The van der Waals surface area contributed by atoms with Crippen LogP contribution in [0.4, 0.5) is 5.95 Å². The second-order valence-corrected chi connectivity index (χ2v) is 8.66. The highest BCUT2D eigenvalue weighted by Gasteiger charge is 2.29.